The molecule has 3 rings (SSSR count). The van der Waals surface area contributed by atoms with Crippen molar-refractivity contribution < 1.29 is 28.5 Å². The minimum Gasteiger partial charge on any atom is -0.504 e. The number of phenols is 1. The van der Waals surface area contributed by atoms with Crippen LogP contribution >= 0.6 is 0 Å². The number of phenolic OH excluding ortho intramolecular Hbond substituents is 1. The van der Waals surface area contributed by atoms with E-state index in [-0.39, 0.29) is 41.8 Å². The Kier molecular flexibility index (Phi) is 5.29. The van der Waals surface area contributed by atoms with Gasteiger partial charge >= 0.3 is 0 Å². The van der Waals surface area contributed by atoms with E-state index in [0.717, 1.165) is 0 Å². The average molecular weight is 376 g/mol. The molecule has 0 amide bonds. The van der Waals surface area contributed by atoms with E-state index >= 15 is 0 Å². The summed E-state index contributed by atoms with van der Waals surface area (Å²) in [6.45, 7) is 7.75. The lowest BCUT2D eigenvalue weighted by Gasteiger charge is -2.39. The predicted octanol–water partition coefficient (Wildman–Crippen LogP) is 3.76. The Morgan fingerprint density at radius 1 is 1.48 bits per heavy atom. The van der Waals surface area contributed by atoms with Gasteiger partial charge in [-0.05, 0) is 36.3 Å². The molecule has 4 atom stereocenters. The fraction of sp³-hybridized carbons (Fsp3) is 0.476. The first-order chi connectivity index (χ1) is 12.8. The van der Waals surface area contributed by atoms with E-state index in [2.05, 4.69) is 6.58 Å². The van der Waals surface area contributed by atoms with Gasteiger partial charge in [-0.15, -0.1) is 6.58 Å². The van der Waals surface area contributed by atoms with E-state index in [1.807, 2.05) is 13.8 Å². The molecular weight excluding hydrogens is 351 g/mol. The molecule has 0 saturated carbocycles. The summed E-state index contributed by atoms with van der Waals surface area (Å²) in [5.74, 6) is -0.429. The molecule has 1 aliphatic heterocycles. The van der Waals surface area contributed by atoms with Gasteiger partial charge in [0.15, 0.2) is 24.1 Å². The number of allylic oxidation sites excluding steroid dienone is 2. The van der Waals surface area contributed by atoms with Gasteiger partial charge < -0.3 is 19.3 Å². The second-order valence-corrected chi connectivity index (χ2v) is 7.33. The Hall–Kier alpha value is -2.34. The van der Waals surface area contributed by atoms with Crippen LogP contribution in [-0.4, -0.2) is 30.4 Å². The molecule has 0 spiro atoms. The molecular formula is C21H25FO5. The lowest BCUT2D eigenvalue weighted by molar-refractivity contribution is -0.124. The Morgan fingerprint density at radius 2 is 2.22 bits per heavy atom. The number of benzene rings is 1. The van der Waals surface area contributed by atoms with Crippen LogP contribution in [0.15, 0.2) is 36.6 Å². The molecule has 6 heteroatoms. The van der Waals surface area contributed by atoms with Crippen molar-refractivity contribution in [3.63, 3.8) is 0 Å². The zero-order valence-electron chi connectivity index (χ0n) is 15.8. The number of carbonyl (C=O) groups excluding carboxylic acids is 1. The third kappa shape index (κ3) is 3.34. The number of hydrogen-bond acceptors (Lipinski definition) is 5. The van der Waals surface area contributed by atoms with Gasteiger partial charge in [-0.1, -0.05) is 19.9 Å². The van der Waals surface area contributed by atoms with Crippen molar-refractivity contribution in [1.29, 1.82) is 0 Å². The first-order valence-corrected chi connectivity index (χ1v) is 9.03. The van der Waals surface area contributed by atoms with E-state index in [9.17, 15) is 14.3 Å². The van der Waals surface area contributed by atoms with E-state index in [0.29, 0.717) is 24.2 Å². The summed E-state index contributed by atoms with van der Waals surface area (Å²) < 4.78 is 31.0. The van der Waals surface area contributed by atoms with Crippen molar-refractivity contribution in [2.24, 2.45) is 17.8 Å². The van der Waals surface area contributed by atoms with Crippen LogP contribution in [0.1, 0.15) is 25.8 Å². The summed E-state index contributed by atoms with van der Waals surface area (Å²) in [4.78, 5) is 12.5. The summed E-state index contributed by atoms with van der Waals surface area (Å²) >= 11 is 0. The second kappa shape index (κ2) is 7.35. The number of carbonyl (C=O) groups is 1. The molecule has 0 radical (unpaired) electrons. The molecule has 27 heavy (non-hydrogen) atoms. The van der Waals surface area contributed by atoms with Gasteiger partial charge in [-0.25, -0.2) is 4.39 Å². The Balaban J connectivity index is 1.91. The summed E-state index contributed by atoms with van der Waals surface area (Å²) in [5.41, 5.74) is -0.437. The Labute approximate surface area is 158 Å². The van der Waals surface area contributed by atoms with Crippen molar-refractivity contribution in [1.82, 2.24) is 0 Å². The molecule has 1 aliphatic carbocycles. The number of rotatable bonds is 6. The van der Waals surface area contributed by atoms with Gasteiger partial charge in [0.25, 0.3) is 0 Å². The molecule has 1 heterocycles. The van der Waals surface area contributed by atoms with Crippen LogP contribution < -0.4 is 4.74 Å². The summed E-state index contributed by atoms with van der Waals surface area (Å²) in [7, 11) is 1.37. The lowest BCUT2D eigenvalue weighted by atomic mass is 9.69. The van der Waals surface area contributed by atoms with Crippen molar-refractivity contribution in [3.8, 4) is 11.5 Å². The number of hydrogen-bond donors (Lipinski definition) is 1. The summed E-state index contributed by atoms with van der Waals surface area (Å²) in [6.07, 6.45) is 4.04. The molecule has 1 saturated heterocycles. The van der Waals surface area contributed by atoms with Crippen LogP contribution in [0.25, 0.3) is 0 Å². The van der Waals surface area contributed by atoms with Gasteiger partial charge in [0, 0.05) is 18.1 Å². The Bertz CT molecular complexity index is 787. The summed E-state index contributed by atoms with van der Waals surface area (Å²) in [5, 5.41) is 9.99. The van der Waals surface area contributed by atoms with Crippen LogP contribution in [0.4, 0.5) is 4.39 Å². The molecule has 0 bridgehead atoms. The highest BCUT2D eigenvalue weighted by Crippen LogP contribution is 2.47. The zero-order chi connectivity index (χ0) is 19.8. The predicted molar refractivity (Wildman–Crippen MR) is 97.8 cm³/mol. The monoisotopic (exact) mass is 376 g/mol. The highest BCUT2D eigenvalue weighted by molar-refractivity contribution is 5.94. The highest BCUT2D eigenvalue weighted by atomic mass is 19.1. The first-order valence-electron chi connectivity index (χ1n) is 9.03. The largest absolute Gasteiger partial charge is 0.504 e. The summed E-state index contributed by atoms with van der Waals surface area (Å²) in [6, 6.07) is 2.54. The van der Waals surface area contributed by atoms with Crippen molar-refractivity contribution in [3.05, 3.63) is 48.0 Å². The first kappa shape index (κ1) is 19.4. The van der Waals surface area contributed by atoms with Gasteiger partial charge in [0.2, 0.25) is 0 Å². The third-order valence-electron chi connectivity index (χ3n) is 5.79. The fourth-order valence-electron chi connectivity index (χ4n) is 3.98. The van der Waals surface area contributed by atoms with E-state index in [4.69, 9.17) is 14.2 Å². The number of aromatic hydroxyl groups is 1. The van der Waals surface area contributed by atoms with E-state index < -0.39 is 11.4 Å². The van der Waals surface area contributed by atoms with Crippen LogP contribution in [-0.2, 0) is 20.7 Å². The van der Waals surface area contributed by atoms with E-state index in [1.54, 1.807) is 6.08 Å². The standard InChI is InChI=1S/C21H25FO5/c1-5-12(2)15-10-21(20(9-17(15)23)26-11-27-21)13(3)6-14-7-18(24)19(25-4)8-16(14)22/h5,7-9,12-13,15,24H,1,6,10-11H2,2-4H3/t12?,13?,15-,21-/m1/s1. The van der Waals surface area contributed by atoms with Gasteiger partial charge in [-0.3, -0.25) is 4.79 Å². The van der Waals surface area contributed by atoms with Crippen molar-refractivity contribution in [2.75, 3.05) is 13.9 Å². The molecule has 2 aliphatic rings. The van der Waals surface area contributed by atoms with Crippen LogP contribution in [0, 0.1) is 23.6 Å². The topological polar surface area (TPSA) is 65.0 Å². The van der Waals surface area contributed by atoms with Crippen molar-refractivity contribution in [2.45, 2.75) is 32.3 Å². The van der Waals surface area contributed by atoms with E-state index in [1.165, 1.54) is 25.3 Å². The molecule has 1 N–H and O–H groups in total. The highest BCUT2D eigenvalue weighted by Gasteiger charge is 2.52. The number of ketones is 1. The quantitative estimate of drug-likeness (QED) is 0.766. The number of halogens is 1. The number of fused-ring (bicyclic) bond motifs is 1. The maximum Gasteiger partial charge on any atom is 0.189 e. The smallest absolute Gasteiger partial charge is 0.189 e. The maximum atomic E-state index is 14.5. The van der Waals surface area contributed by atoms with Crippen LogP contribution in [0.5, 0.6) is 11.5 Å². The molecule has 1 fully saturated rings. The maximum absolute atomic E-state index is 14.5. The average Bonchev–Trinajstić information content (AvgIpc) is 3.06. The SMILES string of the molecule is C=CC(C)[C@H]1C[C@]2(C(C)Cc3cc(O)c(OC)cc3F)OCOC2=CC1=O. The molecule has 1 aromatic carbocycles. The second-order valence-electron chi connectivity index (χ2n) is 7.33. The zero-order valence-corrected chi connectivity index (χ0v) is 15.8. The minimum atomic E-state index is -0.794. The molecule has 5 nitrogen and oxygen atoms in total. The van der Waals surface area contributed by atoms with Crippen molar-refractivity contribution >= 4 is 5.78 Å². The minimum absolute atomic E-state index is 0.000928. The van der Waals surface area contributed by atoms with Gasteiger partial charge in [0.05, 0.1) is 7.11 Å². The molecule has 1 aromatic rings. The lowest BCUT2D eigenvalue weighted by Crippen LogP contribution is -2.46. The number of ether oxygens (including phenoxy) is 3. The molecule has 146 valence electrons. The molecule has 0 aromatic heterocycles. The van der Waals surface area contributed by atoms with Gasteiger partial charge in [-0.2, -0.15) is 0 Å². The number of methoxy groups -OCH3 is 1. The molecule has 2 unspecified atom stereocenters. The fourth-order valence-corrected chi connectivity index (χ4v) is 3.98. The van der Waals surface area contributed by atoms with Crippen LogP contribution in [0.2, 0.25) is 0 Å². The Morgan fingerprint density at radius 3 is 2.89 bits per heavy atom. The van der Waals surface area contributed by atoms with Gasteiger partial charge in [0.1, 0.15) is 17.2 Å². The van der Waals surface area contributed by atoms with Crippen LogP contribution in [0.3, 0.4) is 0 Å². The third-order valence-corrected chi connectivity index (χ3v) is 5.79. The normalized spacial score (nSPS) is 26.6.